The number of fused-ring (bicyclic) bond motifs is 6. The van der Waals surface area contributed by atoms with Crippen LogP contribution in [0.15, 0.2) is 29.8 Å². The fourth-order valence-corrected chi connectivity index (χ4v) is 8.44. The summed E-state index contributed by atoms with van der Waals surface area (Å²) in [6, 6.07) is 6.48. The Morgan fingerprint density at radius 2 is 1.81 bits per heavy atom. The lowest BCUT2D eigenvalue weighted by Gasteiger charge is -2.58. The molecule has 192 valence electrons. The molecule has 4 nitrogen and oxygen atoms in total. The first kappa shape index (κ1) is 24.1. The van der Waals surface area contributed by atoms with Crippen LogP contribution >= 0.6 is 0 Å². The second-order valence-corrected chi connectivity index (χ2v) is 13.2. The molecule has 1 heterocycles. The minimum absolute atomic E-state index is 0.143. The van der Waals surface area contributed by atoms with Gasteiger partial charge in [-0.15, -0.1) is 0 Å². The van der Waals surface area contributed by atoms with Gasteiger partial charge in [-0.3, -0.25) is 4.79 Å². The number of ether oxygens (including phenoxy) is 2. The Kier molecular flexibility index (Phi) is 5.61. The van der Waals surface area contributed by atoms with Crippen molar-refractivity contribution in [2.24, 2.45) is 34.5 Å². The van der Waals surface area contributed by atoms with E-state index in [0.29, 0.717) is 49.1 Å². The highest BCUT2D eigenvalue weighted by molar-refractivity contribution is 5.91. The molecule has 6 rings (SSSR count). The fraction of sp³-hybridized carbons (Fsp3) is 0.656. The van der Waals surface area contributed by atoms with E-state index in [-0.39, 0.29) is 16.7 Å². The smallest absolute Gasteiger partial charge is 0.161 e. The van der Waals surface area contributed by atoms with Gasteiger partial charge in [-0.1, -0.05) is 30.4 Å². The number of benzene rings is 1. The Bertz CT molecular complexity index is 1160. The van der Waals surface area contributed by atoms with Crippen molar-refractivity contribution < 1.29 is 19.4 Å². The van der Waals surface area contributed by atoms with Gasteiger partial charge in [0.05, 0.1) is 0 Å². The molecule has 4 aliphatic carbocycles. The van der Waals surface area contributed by atoms with E-state index in [2.05, 4.69) is 57.7 Å². The molecule has 1 aliphatic heterocycles. The van der Waals surface area contributed by atoms with Crippen molar-refractivity contribution in [1.82, 2.24) is 0 Å². The molecular weight excluding hydrogens is 448 g/mol. The van der Waals surface area contributed by atoms with Gasteiger partial charge in [0.25, 0.3) is 0 Å². The molecular formula is C32H40O4. The normalized spacial score (nSPS) is 39.2. The third kappa shape index (κ3) is 3.81. The van der Waals surface area contributed by atoms with E-state index in [1.54, 1.807) is 0 Å². The van der Waals surface area contributed by atoms with Crippen molar-refractivity contribution in [2.75, 3.05) is 13.2 Å². The summed E-state index contributed by atoms with van der Waals surface area (Å²) in [7, 11) is 0. The number of rotatable bonds is 1. The van der Waals surface area contributed by atoms with E-state index in [9.17, 15) is 9.90 Å². The molecule has 3 saturated carbocycles. The fourth-order valence-electron chi connectivity index (χ4n) is 8.44. The monoisotopic (exact) mass is 488 g/mol. The van der Waals surface area contributed by atoms with Crippen molar-refractivity contribution >= 4 is 5.78 Å². The lowest BCUT2D eigenvalue weighted by molar-refractivity contribution is -0.117. The lowest BCUT2D eigenvalue weighted by Crippen LogP contribution is -2.54. The first-order valence-corrected chi connectivity index (χ1v) is 14.0. The van der Waals surface area contributed by atoms with Crippen LogP contribution in [0.4, 0.5) is 0 Å². The highest BCUT2D eigenvalue weighted by Gasteiger charge is 2.64. The van der Waals surface area contributed by atoms with Gasteiger partial charge in [0.2, 0.25) is 0 Å². The summed E-state index contributed by atoms with van der Waals surface area (Å²) >= 11 is 0. The van der Waals surface area contributed by atoms with Gasteiger partial charge in [0.1, 0.15) is 18.8 Å². The van der Waals surface area contributed by atoms with Crippen LogP contribution in [0, 0.1) is 46.3 Å². The van der Waals surface area contributed by atoms with Crippen LogP contribution in [0.2, 0.25) is 0 Å². The first-order valence-electron chi connectivity index (χ1n) is 14.0. The number of ketones is 1. The second-order valence-electron chi connectivity index (χ2n) is 13.2. The third-order valence-electron chi connectivity index (χ3n) is 10.1. The topological polar surface area (TPSA) is 55.8 Å². The summed E-state index contributed by atoms with van der Waals surface area (Å²) in [6.07, 6.45) is 8.41. The van der Waals surface area contributed by atoms with E-state index in [4.69, 9.17) is 9.47 Å². The van der Waals surface area contributed by atoms with Gasteiger partial charge in [-0.2, -0.15) is 0 Å². The van der Waals surface area contributed by atoms with Gasteiger partial charge in [0.15, 0.2) is 17.3 Å². The number of hydrogen-bond acceptors (Lipinski definition) is 4. The molecule has 4 heteroatoms. The van der Waals surface area contributed by atoms with Gasteiger partial charge in [0, 0.05) is 17.3 Å². The zero-order chi connectivity index (χ0) is 25.3. The van der Waals surface area contributed by atoms with Gasteiger partial charge >= 0.3 is 0 Å². The zero-order valence-corrected chi connectivity index (χ0v) is 22.2. The van der Waals surface area contributed by atoms with Crippen LogP contribution in [0.1, 0.15) is 84.1 Å². The average Bonchev–Trinajstić information content (AvgIpc) is 3.12. The summed E-state index contributed by atoms with van der Waals surface area (Å²) in [5.74, 6) is 11.0. The number of carbonyl (C=O) groups excluding carboxylic acids is 1. The second kappa shape index (κ2) is 8.38. The van der Waals surface area contributed by atoms with Crippen molar-refractivity contribution in [3.63, 3.8) is 0 Å². The molecule has 0 unspecified atom stereocenters. The van der Waals surface area contributed by atoms with Crippen LogP contribution in [-0.2, 0) is 4.79 Å². The zero-order valence-electron chi connectivity index (χ0n) is 22.2. The Hall–Kier alpha value is -2.25. The molecule has 1 aromatic rings. The summed E-state index contributed by atoms with van der Waals surface area (Å²) in [6.45, 7) is 9.83. The van der Waals surface area contributed by atoms with E-state index in [1.165, 1.54) is 11.1 Å². The Balaban J connectivity index is 1.45. The number of allylic oxidation sites excluding steroid dienone is 1. The van der Waals surface area contributed by atoms with E-state index in [0.717, 1.165) is 50.0 Å². The van der Waals surface area contributed by atoms with Crippen LogP contribution in [-0.4, -0.2) is 29.7 Å². The molecule has 1 N–H and O–H groups in total. The molecule has 1 aromatic carbocycles. The predicted octanol–water partition coefficient (Wildman–Crippen LogP) is 6.07. The third-order valence-corrected chi connectivity index (χ3v) is 10.1. The molecule has 0 aromatic heterocycles. The molecule has 7 atom stereocenters. The highest BCUT2D eigenvalue weighted by atomic mass is 16.6. The highest BCUT2D eigenvalue weighted by Crippen LogP contribution is 2.68. The quantitative estimate of drug-likeness (QED) is 0.487. The maximum Gasteiger partial charge on any atom is 0.161 e. The van der Waals surface area contributed by atoms with Crippen molar-refractivity contribution in [2.45, 2.75) is 84.2 Å². The Labute approximate surface area is 215 Å². The minimum atomic E-state index is -0.972. The summed E-state index contributed by atoms with van der Waals surface area (Å²) < 4.78 is 11.8. The number of carbonyl (C=O) groups is 1. The van der Waals surface area contributed by atoms with E-state index >= 15 is 0 Å². The first-order chi connectivity index (χ1) is 17.1. The molecule has 5 aliphatic rings. The maximum absolute atomic E-state index is 12.3. The van der Waals surface area contributed by atoms with E-state index < -0.39 is 5.60 Å². The SMILES string of the molecule is CC(C)(C)C#C[C@]1(O)CC[C@H]2[C@@H]3CCC4=CC(=O)CC[C@@H]4[C@H]3[C@@H](c3ccc4c(c3)OCCO4)C[C@@]21C. The molecule has 0 bridgehead atoms. The maximum atomic E-state index is 12.3. The van der Waals surface area contributed by atoms with Gasteiger partial charge < -0.3 is 14.6 Å². The Morgan fingerprint density at radius 1 is 1.03 bits per heavy atom. The van der Waals surface area contributed by atoms with Crippen molar-refractivity contribution in [3.8, 4) is 23.3 Å². The van der Waals surface area contributed by atoms with Crippen LogP contribution in [0.25, 0.3) is 0 Å². The summed E-state index contributed by atoms with van der Waals surface area (Å²) in [5, 5.41) is 12.1. The van der Waals surface area contributed by atoms with Gasteiger partial charge in [-0.25, -0.2) is 0 Å². The molecule has 0 spiro atoms. The summed E-state index contributed by atoms with van der Waals surface area (Å²) in [5.41, 5.74) is 1.27. The summed E-state index contributed by atoms with van der Waals surface area (Å²) in [4.78, 5) is 12.3. The molecule has 0 radical (unpaired) electrons. The molecule has 36 heavy (non-hydrogen) atoms. The number of aliphatic hydroxyl groups is 1. The lowest BCUT2D eigenvalue weighted by atomic mass is 9.46. The van der Waals surface area contributed by atoms with Crippen LogP contribution in [0.3, 0.4) is 0 Å². The average molecular weight is 489 g/mol. The molecule has 3 fully saturated rings. The Morgan fingerprint density at radius 3 is 2.58 bits per heavy atom. The predicted molar refractivity (Wildman–Crippen MR) is 140 cm³/mol. The van der Waals surface area contributed by atoms with Crippen LogP contribution < -0.4 is 9.47 Å². The van der Waals surface area contributed by atoms with Crippen molar-refractivity contribution in [3.05, 3.63) is 35.4 Å². The van der Waals surface area contributed by atoms with Gasteiger partial charge in [-0.05, 0) is 113 Å². The van der Waals surface area contributed by atoms with Crippen LogP contribution in [0.5, 0.6) is 11.5 Å². The minimum Gasteiger partial charge on any atom is -0.486 e. The molecule has 0 saturated heterocycles. The largest absolute Gasteiger partial charge is 0.486 e. The van der Waals surface area contributed by atoms with Crippen molar-refractivity contribution in [1.29, 1.82) is 0 Å². The molecule has 0 amide bonds. The number of hydrogen-bond donors (Lipinski definition) is 1. The standard InChI is InChI=1S/C32H40O4/c1-30(2,3)13-14-32(34)12-11-26-24-8-5-20-17-22(33)7-9-23(20)29(24)25(19-31(26,32)4)21-6-10-27-28(18-21)36-16-15-35-27/h6,10,17-18,23-26,29,34H,5,7-9,11-12,15-16,19H2,1-4H3/t23-,24-,25+,26-,29+,31-,32+/m0/s1. The van der Waals surface area contributed by atoms with E-state index in [1.807, 2.05) is 6.08 Å².